The summed E-state index contributed by atoms with van der Waals surface area (Å²) < 4.78 is 17.7. The molecule has 0 spiro atoms. The van der Waals surface area contributed by atoms with Crippen LogP contribution >= 0.6 is 0 Å². The van der Waals surface area contributed by atoms with E-state index in [4.69, 9.17) is 14.2 Å². The van der Waals surface area contributed by atoms with Crippen molar-refractivity contribution in [3.63, 3.8) is 0 Å². The van der Waals surface area contributed by atoms with Crippen LogP contribution in [0.1, 0.15) is 11.1 Å². The second kappa shape index (κ2) is 9.45. The number of carbonyl (C=O) groups is 1. The molecule has 0 radical (unpaired) electrons. The largest absolute Gasteiger partial charge is 0.493 e. The quantitative estimate of drug-likeness (QED) is 0.595. The number of nitrogens with one attached hydrogen (secondary N) is 1. The van der Waals surface area contributed by atoms with Crippen molar-refractivity contribution in [1.29, 1.82) is 0 Å². The fourth-order valence-corrected chi connectivity index (χ4v) is 2.91. The van der Waals surface area contributed by atoms with Crippen LogP contribution in [0.3, 0.4) is 0 Å². The molecule has 0 aliphatic heterocycles. The molecule has 150 valence electrons. The number of nitrogens with zero attached hydrogens (tertiary/aromatic N) is 2. The van der Waals surface area contributed by atoms with Crippen LogP contribution in [-0.4, -0.2) is 37.0 Å². The van der Waals surface area contributed by atoms with E-state index in [-0.39, 0.29) is 5.91 Å². The van der Waals surface area contributed by atoms with Gasteiger partial charge in [-0.25, -0.2) is 4.68 Å². The van der Waals surface area contributed by atoms with E-state index in [1.54, 1.807) is 50.4 Å². The maximum absolute atomic E-state index is 12.3. The third-order valence-electron chi connectivity index (χ3n) is 4.31. The highest BCUT2D eigenvalue weighted by Gasteiger charge is 2.12. The first-order valence-corrected chi connectivity index (χ1v) is 9.00. The fraction of sp³-hybridized carbons (Fsp3) is 0.182. The predicted octanol–water partition coefficient (Wildman–Crippen LogP) is 3.23. The van der Waals surface area contributed by atoms with E-state index >= 15 is 0 Å². The number of rotatable bonds is 8. The van der Waals surface area contributed by atoms with Gasteiger partial charge in [-0.3, -0.25) is 4.79 Å². The zero-order chi connectivity index (χ0) is 20.6. The lowest BCUT2D eigenvalue weighted by Crippen LogP contribution is -2.21. The molecule has 1 N–H and O–H groups in total. The molecule has 29 heavy (non-hydrogen) atoms. The molecule has 0 atom stereocenters. The third kappa shape index (κ3) is 4.76. The molecule has 1 aromatic heterocycles. The van der Waals surface area contributed by atoms with Crippen molar-refractivity contribution >= 4 is 12.0 Å². The van der Waals surface area contributed by atoms with E-state index < -0.39 is 0 Å². The molecule has 2 aromatic carbocycles. The lowest BCUT2D eigenvalue weighted by Gasteiger charge is -2.12. The number of amides is 1. The normalized spacial score (nSPS) is 10.7. The Kier molecular flexibility index (Phi) is 6.52. The Hall–Kier alpha value is -3.74. The van der Waals surface area contributed by atoms with Gasteiger partial charge in [0.2, 0.25) is 11.7 Å². The van der Waals surface area contributed by atoms with Gasteiger partial charge in [-0.2, -0.15) is 5.10 Å². The molecule has 0 saturated carbocycles. The Balaban J connectivity index is 1.70. The number of para-hydroxylation sites is 1. The van der Waals surface area contributed by atoms with Gasteiger partial charge in [0.1, 0.15) is 0 Å². The molecular weight excluding hydrogens is 370 g/mol. The molecule has 1 amide bonds. The SMILES string of the molecule is COc1cc(/C=C/C(=O)NCc2ccccc2-n2cccn2)cc(OC)c1OC. The maximum atomic E-state index is 12.3. The smallest absolute Gasteiger partial charge is 0.244 e. The Morgan fingerprint density at radius 2 is 1.79 bits per heavy atom. The molecule has 7 nitrogen and oxygen atoms in total. The summed E-state index contributed by atoms with van der Waals surface area (Å²) in [6, 6.07) is 13.2. The third-order valence-corrected chi connectivity index (χ3v) is 4.31. The Labute approximate surface area is 169 Å². The highest BCUT2D eigenvalue weighted by molar-refractivity contribution is 5.91. The number of aromatic nitrogens is 2. The average Bonchev–Trinajstić information content (AvgIpc) is 3.30. The molecule has 0 fully saturated rings. The molecule has 0 bridgehead atoms. The standard InChI is InChI=1S/C22H23N3O4/c1-27-19-13-16(14-20(28-2)22(19)29-3)9-10-21(26)23-15-17-7-4-5-8-18(17)25-12-6-11-24-25/h4-14H,15H2,1-3H3,(H,23,26)/b10-9+. The first-order valence-electron chi connectivity index (χ1n) is 9.00. The van der Waals surface area contributed by atoms with Crippen molar-refractivity contribution in [3.8, 4) is 22.9 Å². The Morgan fingerprint density at radius 1 is 1.07 bits per heavy atom. The van der Waals surface area contributed by atoms with Gasteiger partial charge >= 0.3 is 0 Å². The number of methoxy groups -OCH3 is 3. The van der Waals surface area contributed by atoms with E-state index in [1.165, 1.54) is 6.08 Å². The van der Waals surface area contributed by atoms with Crippen LogP contribution < -0.4 is 19.5 Å². The van der Waals surface area contributed by atoms with Gasteiger partial charge in [-0.15, -0.1) is 0 Å². The number of hydrogen-bond acceptors (Lipinski definition) is 5. The first-order chi connectivity index (χ1) is 14.2. The van der Waals surface area contributed by atoms with Gasteiger partial charge in [0.25, 0.3) is 0 Å². The van der Waals surface area contributed by atoms with Gasteiger partial charge in [0.05, 0.1) is 27.0 Å². The molecule has 1 heterocycles. The second-order valence-electron chi connectivity index (χ2n) is 6.09. The van der Waals surface area contributed by atoms with Gasteiger partial charge < -0.3 is 19.5 Å². The number of hydrogen-bond donors (Lipinski definition) is 1. The second-order valence-corrected chi connectivity index (χ2v) is 6.09. The van der Waals surface area contributed by atoms with E-state index in [2.05, 4.69) is 10.4 Å². The predicted molar refractivity (Wildman–Crippen MR) is 111 cm³/mol. The van der Waals surface area contributed by atoms with Crippen LogP contribution in [0.15, 0.2) is 60.9 Å². The monoisotopic (exact) mass is 393 g/mol. The van der Waals surface area contributed by atoms with Crippen LogP contribution in [-0.2, 0) is 11.3 Å². The van der Waals surface area contributed by atoms with Crippen molar-refractivity contribution in [3.05, 3.63) is 72.1 Å². The summed E-state index contributed by atoms with van der Waals surface area (Å²) in [7, 11) is 4.65. The zero-order valence-corrected chi connectivity index (χ0v) is 16.6. The number of carbonyl (C=O) groups excluding carboxylic acids is 1. The van der Waals surface area contributed by atoms with Crippen LogP contribution in [0.4, 0.5) is 0 Å². The van der Waals surface area contributed by atoms with Gasteiger partial charge in [0, 0.05) is 25.0 Å². The topological polar surface area (TPSA) is 74.6 Å². The molecule has 3 aromatic rings. The van der Waals surface area contributed by atoms with Crippen molar-refractivity contribution in [1.82, 2.24) is 15.1 Å². The van der Waals surface area contributed by atoms with Crippen LogP contribution in [0.2, 0.25) is 0 Å². The molecule has 0 saturated heterocycles. The summed E-state index contributed by atoms with van der Waals surface area (Å²) in [5, 5.41) is 7.15. The van der Waals surface area contributed by atoms with Crippen molar-refractivity contribution in [2.24, 2.45) is 0 Å². The van der Waals surface area contributed by atoms with Crippen molar-refractivity contribution in [2.75, 3.05) is 21.3 Å². The van der Waals surface area contributed by atoms with Crippen molar-refractivity contribution < 1.29 is 19.0 Å². The summed E-state index contributed by atoms with van der Waals surface area (Å²) in [6.45, 7) is 0.383. The molecule has 0 aliphatic rings. The highest BCUT2D eigenvalue weighted by atomic mass is 16.5. The first kappa shape index (κ1) is 20.0. The highest BCUT2D eigenvalue weighted by Crippen LogP contribution is 2.38. The van der Waals surface area contributed by atoms with Gasteiger partial charge in [-0.1, -0.05) is 18.2 Å². The Morgan fingerprint density at radius 3 is 2.41 bits per heavy atom. The summed E-state index contributed by atoms with van der Waals surface area (Å²) in [5.74, 6) is 1.35. The molecule has 0 aliphatic carbocycles. The van der Waals surface area contributed by atoms with E-state index in [0.29, 0.717) is 23.8 Å². The zero-order valence-electron chi connectivity index (χ0n) is 16.6. The molecule has 3 rings (SSSR count). The van der Waals surface area contributed by atoms with Crippen LogP contribution in [0.25, 0.3) is 11.8 Å². The lowest BCUT2D eigenvalue weighted by atomic mass is 10.1. The van der Waals surface area contributed by atoms with E-state index in [9.17, 15) is 4.79 Å². The summed E-state index contributed by atoms with van der Waals surface area (Å²) in [5.41, 5.74) is 2.64. The number of benzene rings is 2. The van der Waals surface area contributed by atoms with E-state index in [0.717, 1.165) is 16.8 Å². The minimum atomic E-state index is -0.214. The van der Waals surface area contributed by atoms with E-state index in [1.807, 2.05) is 36.5 Å². The summed E-state index contributed by atoms with van der Waals surface area (Å²) in [4.78, 5) is 12.3. The van der Waals surface area contributed by atoms with Crippen LogP contribution in [0, 0.1) is 0 Å². The molecular formula is C22H23N3O4. The minimum absolute atomic E-state index is 0.214. The van der Waals surface area contributed by atoms with Crippen LogP contribution in [0.5, 0.6) is 17.2 Å². The average molecular weight is 393 g/mol. The summed E-state index contributed by atoms with van der Waals surface area (Å²) in [6.07, 6.45) is 6.75. The van der Waals surface area contributed by atoms with Gasteiger partial charge in [0.15, 0.2) is 11.5 Å². The van der Waals surface area contributed by atoms with Gasteiger partial charge in [-0.05, 0) is 41.5 Å². The number of ether oxygens (including phenoxy) is 3. The lowest BCUT2D eigenvalue weighted by molar-refractivity contribution is -0.116. The minimum Gasteiger partial charge on any atom is -0.493 e. The summed E-state index contributed by atoms with van der Waals surface area (Å²) >= 11 is 0. The van der Waals surface area contributed by atoms with Crippen molar-refractivity contribution in [2.45, 2.75) is 6.54 Å². The Bertz CT molecular complexity index is 972. The molecule has 7 heteroatoms. The maximum Gasteiger partial charge on any atom is 0.244 e. The molecule has 0 unspecified atom stereocenters. The fourth-order valence-electron chi connectivity index (χ4n) is 2.91.